The molecule has 0 fully saturated rings. The van der Waals surface area contributed by atoms with Gasteiger partial charge in [0.05, 0.1) is 11.9 Å². The summed E-state index contributed by atoms with van der Waals surface area (Å²) in [7, 11) is 0. The van der Waals surface area contributed by atoms with E-state index in [4.69, 9.17) is 5.73 Å². The van der Waals surface area contributed by atoms with Gasteiger partial charge in [0.15, 0.2) is 0 Å². The van der Waals surface area contributed by atoms with E-state index in [1.165, 1.54) is 0 Å². The fraction of sp³-hybridized carbons (Fsp3) is 0.667. The molecule has 1 atom stereocenters. The Balaban J connectivity index is 2.47. The van der Waals surface area contributed by atoms with Gasteiger partial charge in [0.2, 0.25) is 5.91 Å². The second-order valence-corrected chi connectivity index (χ2v) is 4.90. The Morgan fingerprint density at radius 2 is 2.29 bits per heavy atom. The lowest BCUT2D eigenvalue weighted by Crippen LogP contribution is -2.55. The van der Waals surface area contributed by atoms with Crippen LogP contribution in [0.5, 0.6) is 0 Å². The van der Waals surface area contributed by atoms with Gasteiger partial charge in [-0.15, -0.1) is 0 Å². The Bertz CT molecular complexity index is 347. The third-order valence-electron chi connectivity index (χ3n) is 2.80. The van der Waals surface area contributed by atoms with Crippen LogP contribution < -0.4 is 11.1 Å². The van der Waals surface area contributed by atoms with Gasteiger partial charge < -0.3 is 15.6 Å². The molecule has 0 aliphatic heterocycles. The van der Waals surface area contributed by atoms with Crippen LogP contribution in [0, 0.1) is 0 Å². The Morgan fingerprint density at radius 3 is 2.76 bits per heavy atom. The molecular formula is C12H22N4O. The van der Waals surface area contributed by atoms with Crippen LogP contribution in [0.1, 0.15) is 33.6 Å². The number of primary amides is 1. The predicted molar refractivity (Wildman–Crippen MR) is 67.3 cm³/mol. The van der Waals surface area contributed by atoms with Crippen LogP contribution in [0.25, 0.3) is 0 Å². The number of amides is 1. The van der Waals surface area contributed by atoms with Crippen molar-refractivity contribution in [2.45, 2.75) is 51.7 Å². The standard InChI is InChI=1S/C12H22N4O/c1-10(2)15-12(3,11(13)17)5-4-7-16-8-6-14-9-16/h6,8-10,15H,4-5,7H2,1-3H3,(H2,13,17). The van der Waals surface area contributed by atoms with Crippen molar-refractivity contribution in [3.63, 3.8) is 0 Å². The van der Waals surface area contributed by atoms with Gasteiger partial charge in [-0.2, -0.15) is 0 Å². The number of carbonyl (C=O) groups is 1. The van der Waals surface area contributed by atoms with Crippen LogP contribution in [-0.4, -0.2) is 27.0 Å². The smallest absolute Gasteiger partial charge is 0.237 e. The molecule has 0 saturated carbocycles. The first kappa shape index (κ1) is 13.7. The summed E-state index contributed by atoms with van der Waals surface area (Å²) in [5.41, 5.74) is 4.83. The Kier molecular flexibility index (Phi) is 4.69. The number of hydrogen-bond donors (Lipinski definition) is 2. The molecule has 17 heavy (non-hydrogen) atoms. The molecule has 96 valence electrons. The zero-order valence-electron chi connectivity index (χ0n) is 10.8. The van der Waals surface area contributed by atoms with Crippen molar-refractivity contribution in [3.05, 3.63) is 18.7 Å². The molecule has 5 nitrogen and oxygen atoms in total. The number of aromatic nitrogens is 2. The van der Waals surface area contributed by atoms with Crippen molar-refractivity contribution in [3.8, 4) is 0 Å². The fourth-order valence-electron chi connectivity index (χ4n) is 1.94. The van der Waals surface area contributed by atoms with Crippen molar-refractivity contribution in [2.24, 2.45) is 5.73 Å². The molecule has 1 heterocycles. The second kappa shape index (κ2) is 5.82. The molecule has 0 aliphatic carbocycles. The average Bonchev–Trinajstić information content (AvgIpc) is 2.69. The highest BCUT2D eigenvalue weighted by Crippen LogP contribution is 2.14. The topological polar surface area (TPSA) is 72.9 Å². The lowest BCUT2D eigenvalue weighted by atomic mass is 9.94. The van der Waals surface area contributed by atoms with E-state index >= 15 is 0 Å². The molecule has 0 aliphatic rings. The highest BCUT2D eigenvalue weighted by Gasteiger charge is 2.30. The minimum Gasteiger partial charge on any atom is -0.368 e. The third kappa shape index (κ3) is 4.19. The molecule has 1 aromatic heterocycles. The normalized spacial score (nSPS) is 14.8. The summed E-state index contributed by atoms with van der Waals surface area (Å²) in [5, 5.41) is 3.24. The van der Waals surface area contributed by atoms with E-state index in [9.17, 15) is 4.79 Å². The summed E-state index contributed by atoms with van der Waals surface area (Å²) in [6.07, 6.45) is 7.04. The zero-order valence-corrected chi connectivity index (χ0v) is 10.8. The van der Waals surface area contributed by atoms with Crippen LogP contribution in [0.2, 0.25) is 0 Å². The molecule has 3 N–H and O–H groups in total. The van der Waals surface area contributed by atoms with Gasteiger partial charge in [-0.3, -0.25) is 4.79 Å². The van der Waals surface area contributed by atoms with Crippen molar-refractivity contribution >= 4 is 5.91 Å². The summed E-state index contributed by atoms with van der Waals surface area (Å²) in [5.74, 6) is -0.295. The largest absolute Gasteiger partial charge is 0.368 e. The third-order valence-corrected chi connectivity index (χ3v) is 2.80. The number of imidazole rings is 1. The minimum atomic E-state index is -0.630. The maximum absolute atomic E-state index is 11.5. The van der Waals surface area contributed by atoms with Crippen LogP contribution >= 0.6 is 0 Å². The second-order valence-electron chi connectivity index (χ2n) is 4.90. The van der Waals surface area contributed by atoms with Crippen molar-refractivity contribution in [1.82, 2.24) is 14.9 Å². The van der Waals surface area contributed by atoms with E-state index in [0.29, 0.717) is 0 Å². The SMILES string of the molecule is CC(C)NC(C)(CCCn1ccnc1)C(N)=O. The average molecular weight is 238 g/mol. The summed E-state index contributed by atoms with van der Waals surface area (Å²) in [6, 6.07) is 0.237. The van der Waals surface area contributed by atoms with Gasteiger partial charge in [-0.1, -0.05) is 0 Å². The van der Waals surface area contributed by atoms with Crippen LogP contribution in [0.15, 0.2) is 18.7 Å². The van der Waals surface area contributed by atoms with Crippen LogP contribution in [0.3, 0.4) is 0 Å². The highest BCUT2D eigenvalue weighted by atomic mass is 16.1. The number of nitrogens with zero attached hydrogens (tertiary/aromatic N) is 2. The lowest BCUT2D eigenvalue weighted by molar-refractivity contribution is -0.124. The van der Waals surface area contributed by atoms with Crippen LogP contribution in [-0.2, 0) is 11.3 Å². The lowest BCUT2D eigenvalue weighted by Gasteiger charge is -2.29. The van der Waals surface area contributed by atoms with E-state index in [1.54, 1.807) is 12.5 Å². The number of nitrogens with two attached hydrogens (primary N) is 1. The molecule has 0 spiro atoms. The maximum Gasteiger partial charge on any atom is 0.237 e. The first-order valence-electron chi connectivity index (χ1n) is 5.97. The molecule has 0 radical (unpaired) electrons. The van der Waals surface area contributed by atoms with Crippen molar-refractivity contribution in [1.29, 1.82) is 0 Å². The number of carbonyl (C=O) groups excluding carboxylic acids is 1. The summed E-state index contributed by atoms with van der Waals surface area (Å²) in [4.78, 5) is 15.5. The maximum atomic E-state index is 11.5. The molecule has 1 rings (SSSR count). The Labute approximate surface area is 102 Å². The molecule has 0 bridgehead atoms. The van der Waals surface area contributed by atoms with Crippen LogP contribution in [0.4, 0.5) is 0 Å². The van der Waals surface area contributed by atoms with Gasteiger partial charge >= 0.3 is 0 Å². The molecule has 0 saturated heterocycles. The van der Waals surface area contributed by atoms with E-state index < -0.39 is 5.54 Å². The number of aryl methyl sites for hydroxylation is 1. The number of hydrogen-bond acceptors (Lipinski definition) is 3. The van der Waals surface area contributed by atoms with Gasteiger partial charge in [0.25, 0.3) is 0 Å². The highest BCUT2D eigenvalue weighted by molar-refractivity contribution is 5.84. The molecule has 1 unspecified atom stereocenters. The molecular weight excluding hydrogens is 216 g/mol. The summed E-state index contributed by atoms with van der Waals surface area (Å²) < 4.78 is 2.00. The fourth-order valence-corrected chi connectivity index (χ4v) is 1.94. The summed E-state index contributed by atoms with van der Waals surface area (Å²) in [6.45, 7) is 6.74. The minimum absolute atomic E-state index is 0.237. The van der Waals surface area contributed by atoms with E-state index in [1.807, 2.05) is 31.5 Å². The number of nitrogens with one attached hydrogen (secondary N) is 1. The zero-order chi connectivity index (χ0) is 12.9. The molecule has 1 amide bonds. The van der Waals surface area contributed by atoms with E-state index in [-0.39, 0.29) is 11.9 Å². The quantitative estimate of drug-likeness (QED) is 0.741. The molecule has 0 aromatic carbocycles. The Morgan fingerprint density at radius 1 is 1.59 bits per heavy atom. The monoisotopic (exact) mass is 238 g/mol. The van der Waals surface area contributed by atoms with Gasteiger partial charge in [-0.25, -0.2) is 4.98 Å². The van der Waals surface area contributed by atoms with Crippen molar-refractivity contribution in [2.75, 3.05) is 0 Å². The van der Waals surface area contributed by atoms with Crippen molar-refractivity contribution < 1.29 is 4.79 Å². The summed E-state index contributed by atoms with van der Waals surface area (Å²) >= 11 is 0. The van der Waals surface area contributed by atoms with Gasteiger partial charge in [-0.05, 0) is 33.6 Å². The predicted octanol–water partition coefficient (Wildman–Crippen LogP) is 0.905. The number of rotatable bonds is 7. The van der Waals surface area contributed by atoms with Gasteiger partial charge in [0, 0.05) is 25.0 Å². The first-order chi connectivity index (χ1) is 7.94. The Hall–Kier alpha value is -1.36. The molecule has 1 aromatic rings. The van der Waals surface area contributed by atoms with E-state index in [0.717, 1.165) is 19.4 Å². The first-order valence-corrected chi connectivity index (χ1v) is 5.97. The van der Waals surface area contributed by atoms with E-state index in [2.05, 4.69) is 10.3 Å². The van der Waals surface area contributed by atoms with Gasteiger partial charge in [0.1, 0.15) is 0 Å². The molecule has 5 heteroatoms.